The van der Waals surface area contributed by atoms with E-state index in [4.69, 9.17) is 9.47 Å². The molecular formula is C18H26O3. The molecule has 1 fully saturated rings. The largest absolute Gasteiger partial charge is 0.497 e. The smallest absolute Gasteiger partial charge is 0.129 e. The summed E-state index contributed by atoms with van der Waals surface area (Å²) in [5.41, 5.74) is 0.723. The molecule has 0 bridgehead atoms. The van der Waals surface area contributed by atoms with Crippen LogP contribution < -0.4 is 9.47 Å². The fourth-order valence-electron chi connectivity index (χ4n) is 3.91. The predicted molar refractivity (Wildman–Crippen MR) is 82.8 cm³/mol. The molecule has 0 saturated heterocycles. The van der Waals surface area contributed by atoms with E-state index in [0.29, 0.717) is 0 Å². The Labute approximate surface area is 127 Å². The van der Waals surface area contributed by atoms with E-state index in [1.54, 1.807) is 7.11 Å². The molecule has 0 amide bonds. The van der Waals surface area contributed by atoms with Gasteiger partial charge in [0, 0.05) is 18.1 Å². The van der Waals surface area contributed by atoms with Gasteiger partial charge in [-0.25, -0.2) is 0 Å². The zero-order valence-corrected chi connectivity index (χ0v) is 13.1. The second-order valence-corrected chi connectivity index (χ2v) is 6.61. The van der Waals surface area contributed by atoms with Crippen molar-refractivity contribution in [2.75, 3.05) is 7.11 Å². The molecule has 3 atom stereocenters. The van der Waals surface area contributed by atoms with Crippen LogP contribution in [0.5, 0.6) is 11.5 Å². The number of methoxy groups -OCH3 is 1. The minimum Gasteiger partial charge on any atom is -0.497 e. The summed E-state index contributed by atoms with van der Waals surface area (Å²) in [6.07, 6.45) is 7.37. The molecule has 1 aromatic rings. The normalized spacial score (nSPS) is 32.1. The molecule has 3 nitrogen and oxygen atoms in total. The minimum atomic E-state index is -0.419. The third-order valence-electron chi connectivity index (χ3n) is 5.30. The maximum Gasteiger partial charge on any atom is 0.129 e. The van der Waals surface area contributed by atoms with Gasteiger partial charge in [0.15, 0.2) is 0 Å². The number of hydrogen-bond donors (Lipinski definition) is 1. The summed E-state index contributed by atoms with van der Waals surface area (Å²) in [4.78, 5) is 0. The van der Waals surface area contributed by atoms with E-state index in [9.17, 15) is 5.11 Å². The fraction of sp³-hybridized carbons (Fsp3) is 0.667. The zero-order chi connectivity index (χ0) is 14.9. The summed E-state index contributed by atoms with van der Waals surface area (Å²) in [7, 11) is 1.66. The highest BCUT2D eigenvalue weighted by Gasteiger charge is 2.41. The van der Waals surface area contributed by atoms with Gasteiger partial charge in [-0.1, -0.05) is 19.8 Å². The Balaban J connectivity index is 1.86. The Morgan fingerprint density at radius 2 is 2.19 bits per heavy atom. The summed E-state index contributed by atoms with van der Waals surface area (Å²) in [6, 6.07) is 5.74. The van der Waals surface area contributed by atoms with Crippen molar-refractivity contribution in [3.63, 3.8) is 0 Å². The number of aliphatic hydroxyl groups excluding tert-OH is 1. The van der Waals surface area contributed by atoms with E-state index in [1.807, 2.05) is 18.2 Å². The molecule has 1 N–H and O–H groups in total. The van der Waals surface area contributed by atoms with Crippen LogP contribution in [0.4, 0.5) is 0 Å². The van der Waals surface area contributed by atoms with Crippen LogP contribution in [0.25, 0.3) is 0 Å². The Kier molecular flexibility index (Phi) is 4.12. The summed E-state index contributed by atoms with van der Waals surface area (Å²) in [5.74, 6) is 2.41. The van der Waals surface area contributed by atoms with E-state index in [2.05, 4.69) is 6.92 Å². The lowest BCUT2D eigenvalue weighted by molar-refractivity contribution is -0.0252. The van der Waals surface area contributed by atoms with Crippen LogP contribution in [0.15, 0.2) is 18.2 Å². The number of hydrogen-bond acceptors (Lipinski definition) is 3. The molecule has 2 aliphatic rings. The number of ether oxygens (including phenoxy) is 2. The molecule has 3 rings (SSSR count). The first-order valence-corrected chi connectivity index (χ1v) is 8.21. The van der Waals surface area contributed by atoms with Crippen molar-refractivity contribution in [1.29, 1.82) is 0 Å². The molecule has 0 radical (unpaired) electrons. The van der Waals surface area contributed by atoms with Crippen molar-refractivity contribution in [3.8, 4) is 11.5 Å². The zero-order valence-electron chi connectivity index (χ0n) is 13.1. The van der Waals surface area contributed by atoms with Crippen LogP contribution >= 0.6 is 0 Å². The van der Waals surface area contributed by atoms with Gasteiger partial charge >= 0.3 is 0 Å². The number of aliphatic hydroxyl groups is 1. The average molecular weight is 290 g/mol. The Bertz CT molecular complexity index is 499. The lowest BCUT2D eigenvalue weighted by Gasteiger charge is -2.40. The highest BCUT2D eigenvalue weighted by molar-refractivity contribution is 5.44. The van der Waals surface area contributed by atoms with Gasteiger partial charge in [0.2, 0.25) is 0 Å². The van der Waals surface area contributed by atoms with Gasteiger partial charge in [-0.05, 0) is 43.7 Å². The quantitative estimate of drug-likeness (QED) is 0.885. The maximum atomic E-state index is 10.5. The van der Waals surface area contributed by atoms with Crippen molar-refractivity contribution >= 4 is 0 Å². The van der Waals surface area contributed by atoms with Gasteiger partial charge in [-0.3, -0.25) is 0 Å². The van der Waals surface area contributed by atoms with Crippen molar-refractivity contribution in [2.45, 2.75) is 63.6 Å². The fourth-order valence-corrected chi connectivity index (χ4v) is 3.91. The molecular weight excluding hydrogens is 264 g/mol. The van der Waals surface area contributed by atoms with Crippen LogP contribution in [0, 0.1) is 5.92 Å². The van der Waals surface area contributed by atoms with Crippen molar-refractivity contribution in [3.05, 3.63) is 23.8 Å². The predicted octanol–water partition coefficient (Wildman–Crippen LogP) is 4.24. The van der Waals surface area contributed by atoms with Gasteiger partial charge in [0.25, 0.3) is 0 Å². The topological polar surface area (TPSA) is 38.7 Å². The van der Waals surface area contributed by atoms with Gasteiger partial charge in [-0.2, -0.15) is 0 Å². The number of rotatable bonds is 2. The molecule has 1 heterocycles. The SMILES string of the molecule is CCC1CCCC2(CC1)C[C@H](O)c1ccc(OC)cc1O2. The van der Waals surface area contributed by atoms with E-state index in [1.165, 1.54) is 25.7 Å². The molecule has 1 saturated carbocycles. The molecule has 1 aliphatic heterocycles. The summed E-state index contributed by atoms with van der Waals surface area (Å²) in [6.45, 7) is 2.28. The first kappa shape index (κ1) is 14.7. The van der Waals surface area contributed by atoms with E-state index < -0.39 is 6.10 Å². The van der Waals surface area contributed by atoms with Gasteiger partial charge < -0.3 is 14.6 Å². The van der Waals surface area contributed by atoms with Crippen LogP contribution in [-0.2, 0) is 0 Å². The molecule has 116 valence electrons. The third kappa shape index (κ3) is 2.89. The summed E-state index contributed by atoms with van der Waals surface area (Å²) < 4.78 is 11.7. The summed E-state index contributed by atoms with van der Waals surface area (Å²) in [5, 5.41) is 10.5. The highest BCUT2D eigenvalue weighted by atomic mass is 16.5. The van der Waals surface area contributed by atoms with Crippen LogP contribution in [0.1, 0.15) is 63.5 Å². The van der Waals surface area contributed by atoms with Crippen molar-refractivity contribution in [1.82, 2.24) is 0 Å². The molecule has 2 unspecified atom stereocenters. The lowest BCUT2D eigenvalue weighted by Crippen LogP contribution is -2.40. The first-order valence-electron chi connectivity index (χ1n) is 8.21. The van der Waals surface area contributed by atoms with E-state index in [-0.39, 0.29) is 5.60 Å². The first-order chi connectivity index (χ1) is 10.2. The Morgan fingerprint density at radius 3 is 2.95 bits per heavy atom. The monoisotopic (exact) mass is 290 g/mol. The van der Waals surface area contributed by atoms with Crippen LogP contribution in [0.3, 0.4) is 0 Å². The van der Waals surface area contributed by atoms with Crippen LogP contribution in [-0.4, -0.2) is 17.8 Å². The third-order valence-corrected chi connectivity index (χ3v) is 5.30. The Morgan fingerprint density at radius 1 is 1.33 bits per heavy atom. The molecule has 1 spiro atoms. The van der Waals surface area contributed by atoms with Crippen molar-refractivity contribution in [2.24, 2.45) is 5.92 Å². The lowest BCUT2D eigenvalue weighted by atomic mass is 9.83. The standard InChI is InChI=1S/C18H26O3/c1-3-13-5-4-9-18(10-8-13)12-16(19)15-7-6-14(20-2)11-17(15)21-18/h6-7,11,13,16,19H,3-5,8-10,12H2,1-2H3/t13?,16-,18?/m0/s1. The van der Waals surface area contributed by atoms with E-state index >= 15 is 0 Å². The molecule has 3 heteroatoms. The number of benzene rings is 1. The maximum absolute atomic E-state index is 10.5. The van der Waals surface area contributed by atoms with Gasteiger partial charge in [-0.15, -0.1) is 0 Å². The second-order valence-electron chi connectivity index (χ2n) is 6.61. The van der Waals surface area contributed by atoms with Crippen LogP contribution in [0.2, 0.25) is 0 Å². The van der Waals surface area contributed by atoms with Gasteiger partial charge in [0.1, 0.15) is 17.1 Å². The summed E-state index contributed by atoms with van der Waals surface area (Å²) >= 11 is 0. The minimum absolute atomic E-state index is 0.178. The highest BCUT2D eigenvalue weighted by Crippen LogP contribution is 2.47. The number of fused-ring (bicyclic) bond motifs is 1. The molecule has 1 aliphatic carbocycles. The molecule has 21 heavy (non-hydrogen) atoms. The Hall–Kier alpha value is -1.22. The van der Waals surface area contributed by atoms with Gasteiger partial charge in [0.05, 0.1) is 13.2 Å². The average Bonchev–Trinajstić information content (AvgIpc) is 2.69. The van der Waals surface area contributed by atoms with E-state index in [0.717, 1.165) is 42.2 Å². The second kappa shape index (κ2) is 5.88. The van der Waals surface area contributed by atoms with Crippen molar-refractivity contribution < 1.29 is 14.6 Å². The molecule has 1 aromatic carbocycles. The molecule has 0 aromatic heterocycles.